The van der Waals surface area contributed by atoms with Gasteiger partial charge in [-0.2, -0.15) is 10.1 Å². The van der Waals surface area contributed by atoms with E-state index in [1.165, 1.54) is 5.56 Å². The maximum atomic E-state index is 5.41. The van der Waals surface area contributed by atoms with E-state index < -0.39 is 0 Å². The zero-order valence-corrected chi connectivity index (χ0v) is 15.0. The van der Waals surface area contributed by atoms with Crippen LogP contribution in [0, 0.1) is 6.92 Å². The van der Waals surface area contributed by atoms with E-state index in [0.29, 0.717) is 23.3 Å². The van der Waals surface area contributed by atoms with Gasteiger partial charge in [0.2, 0.25) is 5.82 Å². The van der Waals surface area contributed by atoms with E-state index >= 15 is 0 Å². The first-order valence-electron chi connectivity index (χ1n) is 8.67. The van der Waals surface area contributed by atoms with Crippen molar-refractivity contribution in [3.05, 3.63) is 65.7 Å². The average molecular weight is 344 g/mol. The maximum absolute atomic E-state index is 5.41. The maximum Gasteiger partial charge on any atom is 0.276 e. The fourth-order valence-corrected chi connectivity index (χ4v) is 2.85. The first-order valence-corrected chi connectivity index (χ1v) is 8.67. The van der Waals surface area contributed by atoms with Gasteiger partial charge in [0.1, 0.15) is 5.69 Å². The van der Waals surface area contributed by atoms with Gasteiger partial charge in [0.05, 0.1) is 5.69 Å². The van der Waals surface area contributed by atoms with Crippen LogP contribution in [0.4, 0.5) is 0 Å². The third kappa shape index (κ3) is 3.16. The van der Waals surface area contributed by atoms with Crippen molar-refractivity contribution in [3.8, 4) is 34.2 Å². The predicted octanol–water partition coefficient (Wildman–Crippen LogP) is 5.23. The van der Waals surface area contributed by atoms with Crippen LogP contribution in [0.3, 0.4) is 0 Å². The Bertz CT molecular complexity index is 1030. The molecule has 0 saturated carbocycles. The van der Waals surface area contributed by atoms with Gasteiger partial charge in [0.15, 0.2) is 0 Å². The van der Waals surface area contributed by atoms with Gasteiger partial charge < -0.3 is 4.52 Å². The Morgan fingerprint density at radius 3 is 2.50 bits per heavy atom. The van der Waals surface area contributed by atoms with Crippen LogP contribution in [0.25, 0.3) is 34.2 Å². The minimum Gasteiger partial charge on any atom is -0.332 e. The summed E-state index contributed by atoms with van der Waals surface area (Å²) in [5, 5.41) is 11.5. The normalized spacial score (nSPS) is 11.2. The number of hydrogen-bond acceptors (Lipinski definition) is 4. The summed E-state index contributed by atoms with van der Waals surface area (Å²) in [5.74, 6) is 1.51. The summed E-state index contributed by atoms with van der Waals surface area (Å²) in [6.07, 6.45) is 0. The van der Waals surface area contributed by atoms with Gasteiger partial charge in [-0.15, -0.1) is 0 Å². The molecule has 0 aliphatic carbocycles. The molecule has 0 amide bonds. The number of aromatic nitrogens is 4. The lowest BCUT2D eigenvalue weighted by Crippen LogP contribution is -1.86. The smallest absolute Gasteiger partial charge is 0.276 e. The predicted molar refractivity (Wildman–Crippen MR) is 102 cm³/mol. The lowest BCUT2D eigenvalue weighted by molar-refractivity contribution is 0.431. The Balaban J connectivity index is 1.60. The van der Waals surface area contributed by atoms with Gasteiger partial charge in [-0.05, 0) is 30.5 Å². The highest BCUT2D eigenvalue weighted by Gasteiger charge is 2.14. The van der Waals surface area contributed by atoms with E-state index in [-0.39, 0.29) is 0 Å². The summed E-state index contributed by atoms with van der Waals surface area (Å²) in [6, 6.07) is 18.4. The summed E-state index contributed by atoms with van der Waals surface area (Å²) in [4.78, 5) is 4.49. The third-order valence-corrected chi connectivity index (χ3v) is 4.38. The second kappa shape index (κ2) is 6.59. The van der Waals surface area contributed by atoms with Crippen molar-refractivity contribution >= 4 is 0 Å². The first-order chi connectivity index (χ1) is 12.6. The van der Waals surface area contributed by atoms with E-state index in [9.17, 15) is 0 Å². The number of nitrogens with zero attached hydrogens (tertiary/aromatic N) is 3. The number of benzene rings is 2. The molecular weight excluding hydrogens is 324 g/mol. The summed E-state index contributed by atoms with van der Waals surface area (Å²) >= 11 is 0. The lowest BCUT2D eigenvalue weighted by Gasteiger charge is -2.05. The molecule has 2 aromatic heterocycles. The van der Waals surface area contributed by atoms with Crippen LogP contribution in [-0.2, 0) is 0 Å². The number of H-pyrrole nitrogens is 1. The van der Waals surface area contributed by atoms with Gasteiger partial charge in [-0.1, -0.05) is 67.0 Å². The zero-order valence-electron chi connectivity index (χ0n) is 15.0. The molecule has 0 atom stereocenters. The minimum absolute atomic E-state index is 0.430. The molecule has 1 N–H and O–H groups in total. The number of rotatable bonds is 4. The third-order valence-electron chi connectivity index (χ3n) is 4.38. The highest BCUT2D eigenvalue weighted by atomic mass is 16.5. The largest absolute Gasteiger partial charge is 0.332 e. The number of nitrogens with one attached hydrogen (secondary N) is 1. The number of hydrogen-bond donors (Lipinski definition) is 1. The minimum atomic E-state index is 0.430. The topological polar surface area (TPSA) is 67.6 Å². The summed E-state index contributed by atoms with van der Waals surface area (Å²) in [7, 11) is 0. The molecule has 2 heterocycles. The van der Waals surface area contributed by atoms with Crippen molar-refractivity contribution < 1.29 is 4.52 Å². The van der Waals surface area contributed by atoms with Crippen molar-refractivity contribution in [2.75, 3.05) is 0 Å². The van der Waals surface area contributed by atoms with E-state index in [0.717, 1.165) is 22.4 Å². The SMILES string of the molecule is Cc1cccc(-c2noc(-c3cc(-c4ccc(C(C)C)cc4)n[nH]3)n2)c1. The van der Waals surface area contributed by atoms with Crippen molar-refractivity contribution in [1.29, 1.82) is 0 Å². The van der Waals surface area contributed by atoms with Crippen molar-refractivity contribution in [3.63, 3.8) is 0 Å². The summed E-state index contributed by atoms with van der Waals surface area (Å²) < 4.78 is 5.41. The second-order valence-corrected chi connectivity index (χ2v) is 6.74. The van der Waals surface area contributed by atoms with E-state index in [1.807, 2.05) is 37.3 Å². The molecule has 5 heteroatoms. The van der Waals surface area contributed by atoms with Crippen molar-refractivity contribution in [2.45, 2.75) is 26.7 Å². The van der Waals surface area contributed by atoms with Gasteiger partial charge in [-0.25, -0.2) is 0 Å². The number of aromatic amines is 1. The van der Waals surface area contributed by atoms with Crippen molar-refractivity contribution in [1.82, 2.24) is 20.3 Å². The molecule has 4 aromatic rings. The Morgan fingerprint density at radius 1 is 0.962 bits per heavy atom. The Kier molecular flexibility index (Phi) is 4.13. The van der Waals surface area contributed by atoms with Crippen LogP contribution in [0.5, 0.6) is 0 Å². The number of aryl methyl sites for hydroxylation is 1. The highest BCUT2D eigenvalue weighted by Crippen LogP contribution is 2.26. The van der Waals surface area contributed by atoms with Gasteiger partial charge in [0.25, 0.3) is 5.89 Å². The van der Waals surface area contributed by atoms with Crippen LogP contribution in [-0.4, -0.2) is 20.3 Å². The van der Waals surface area contributed by atoms with E-state index in [4.69, 9.17) is 4.52 Å². The molecule has 4 rings (SSSR count). The van der Waals surface area contributed by atoms with Gasteiger partial charge in [-0.3, -0.25) is 5.10 Å². The molecule has 0 spiro atoms. The molecule has 130 valence electrons. The van der Waals surface area contributed by atoms with Gasteiger partial charge >= 0.3 is 0 Å². The Hall–Kier alpha value is -3.21. The van der Waals surface area contributed by atoms with Crippen LogP contribution in [0.1, 0.15) is 30.9 Å². The first kappa shape index (κ1) is 16.3. The molecule has 0 aliphatic rings. The van der Waals surface area contributed by atoms with Crippen LogP contribution >= 0.6 is 0 Å². The highest BCUT2D eigenvalue weighted by molar-refractivity contribution is 5.66. The molecule has 0 saturated heterocycles. The van der Waals surface area contributed by atoms with E-state index in [2.05, 4.69) is 58.5 Å². The molecule has 0 fully saturated rings. The average Bonchev–Trinajstić information content (AvgIpc) is 3.31. The molecule has 26 heavy (non-hydrogen) atoms. The summed E-state index contributed by atoms with van der Waals surface area (Å²) in [5.41, 5.74) is 6.01. The quantitative estimate of drug-likeness (QED) is 0.551. The van der Waals surface area contributed by atoms with Crippen LogP contribution in [0.15, 0.2) is 59.1 Å². The van der Waals surface area contributed by atoms with Gasteiger partial charge in [0, 0.05) is 11.1 Å². The second-order valence-electron chi connectivity index (χ2n) is 6.74. The summed E-state index contributed by atoms with van der Waals surface area (Å²) in [6.45, 7) is 6.41. The molecule has 2 aromatic carbocycles. The zero-order chi connectivity index (χ0) is 18.1. The van der Waals surface area contributed by atoms with E-state index in [1.54, 1.807) is 0 Å². The molecule has 5 nitrogen and oxygen atoms in total. The van der Waals surface area contributed by atoms with Crippen LogP contribution in [0.2, 0.25) is 0 Å². The molecular formula is C21H20N4O. The Morgan fingerprint density at radius 2 is 1.77 bits per heavy atom. The fraction of sp³-hybridized carbons (Fsp3) is 0.190. The molecule has 0 radical (unpaired) electrons. The molecule has 0 unspecified atom stereocenters. The Labute approximate surface area is 152 Å². The molecule has 0 aliphatic heterocycles. The fourth-order valence-electron chi connectivity index (χ4n) is 2.85. The van der Waals surface area contributed by atoms with Crippen molar-refractivity contribution in [2.24, 2.45) is 0 Å². The standard InChI is InChI=1S/C21H20N4O/c1-13(2)15-7-9-16(10-8-15)18-12-19(24-23-18)21-22-20(25-26-21)17-6-4-5-14(3)11-17/h4-13H,1-3H3,(H,23,24). The van der Waals surface area contributed by atoms with Crippen LogP contribution < -0.4 is 0 Å². The monoisotopic (exact) mass is 344 g/mol. The lowest BCUT2D eigenvalue weighted by atomic mass is 10.0. The molecule has 0 bridgehead atoms.